The van der Waals surface area contributed by atoms with Crippen LogP contribution >= 0.6 is 0 Å². The van der Waals surface area contributed by atoms with Crippen LogP contribution in [0.25, 0.3) is 0 Å². The Hall–Kier alpha value is -2.33. The Morgan fingerprint density at radius 1 is 1.45 bits per heavy atom. The maximum Gasteiger partial charge on any atom is 0.325 e. The number of rotatable bonds is 6. The average molecular weight is 298 g/mol. The van der Waals surface area contributed by atoms with E-state index < -0.39 is 37.4 Å². The summed E-state index contributed by atoms with van der Waals surface area (Å²) in [5, 5.41) is 15.7. The van der Waals surface area contributed by atoms with Crippen LogP contribution < -0.4 is 10.6 Å². The molecule has 1 heterocycles. The largest absolute Gasteiger partial charge is 0.480 e. The molecule has 1 rings (SSSR count). The summed E-state index contributed by atoms with van der Waals surface area (Å²) in [6, 6.07) is -1.14. The molecule has 7 nitrogen and oxygen atoms in total. The maximum absolute atomic E-state index is 12.5. The lowest BCUT2D eigenvalue weighted by atomic mass is 10.3. The summed E-state index contributed by atoms with van der Waals surface area (Å²) in [5.74, 6) is -5.49. The van der Waals surface area contributed by atoms with Gasteiger partial charge in [0, 0.05) is 6.20 Å². The van der Waals surface area contributed by atoms with Gasteiger partial charge in [-0.15, -0.1) is 0 Å². The van der Waals surface area contributed by atoms with E-state index in [0.29, 0.717) is 0 Å². The summed E-state index contributed by atoms with van der Waals surface area (Å²) < 4.78 is 49.7. The molecule has 0 aliphatic heterocycles. The SMILES string of the molecule is O=C(O)Cn1cc(NC(=O)NCC(F)(F)C(F)F)cn1. The van der Waals surface area contributed by atoms with E-state index in [1.165, 1.54) is 0 Å². The molecule has 1 aromatic heterocycles. The number of alkyl halides is 4. The van der Waals surface area contributed by atoms with Crippen molar-refractivity contribution >= 4 is 17.7 Å². The highest BCUT2D eigenvalue weighted by molar-refractivity contribution is 5.88. The highest BCUT2D eigenvalue weighted by Crippen LogP contribution is 2.21. The number of halogens is 4. The summed E-state index contributed by atoms with van der Waals surface area (Å²) >= 11 is 0. The van der Waals surface area contributed by atoms with Crippen LogP contribution in [0.2, 0.25) is 0 Å². The summed E-state index contributed by atoms with van der Waals surface area (Å²) in [7, 11) is 0. The van der Waals surface area contributed by atoms with Gasteiger partial charge < -0.3 is 15.7 Å². The molecule has 0 spiro atoms. The third kappa shape index (κ3) is 4.74. The summed E-state index contributed by atoms with van der Waals surface area (Å²) in [6.07, 6.45) is -1.67. The fourth-order valence-corrected chi connectivity index (χ4v) is 1.10. The van der Waals surface area contributed by atoms with Crippen LogP contribution in [-0.2, 0) is 11.3 Å². The van der Waals surface area contributed by atoms with E-state index in [-0.39, 0.29) is 5.69 Å². The highest BCUT2D eigenvalue weighted by Gasteiger charge is 2.40. The van der Waals surface area contributed by atoms with Gasteiger partial charge in [-0.1, -0.05) is 0 Å². The number of hydrogen-bond acceptors (Lipinski definition) is 3. The van der Waals surface area contributed by atoms with E-state index in [9.17, 15) is 27.2 Å². The van der Waals surface area contributed by atoms with Gasteiger partial charge in [-0.2, -0.15) is 13.9 Å². The van der Waals surface area contributed by atoms with E-state index in [1.54, 1.807) is 5.32 Å². The first-order valence-corrected chi connectivity index (χ1v) is 5.16. The normalized spacial score (nSPS) is 11.4. The summed E-state index contributed by atoms with van der Waals surface area (Å²) in [6.45, 7) is -1.98. The maximum atomic E-state index is 12.5. The van der Waals surface area contributed by atoms with E-state index in [1.807, 2.05) is 5.32 Å². The lowest BCUT2D eigenvalue weighted by Gasteiger charge is -2.15. The van der Waals surface area contributed by atoms with Crippen molar-refractivity contribution in [1.29, 1.82) is 0 Å². The minimum absolute atomic E-state index is 0.0316. The zero-order valence-corrected chi connectivity index (χ0v) is 9.82. The first-order valence-electron chi connectivity index (χ1n) is 5.16. The minimum Gasteiger partial charge on any atom is -0.480 e. The Labute approximate surface area is 109 Å². The Bertz CT molecular complexity index is 491. The third-order valence-electron chi connectivity index (χ3n) is 1.99. The standard InChI is InChI=1S/C9H10F4N4O3/c10-7(11)9(12,13)4-14-8(20)16-5-1-15-17(2-5)3-6(18)19/h1-2,7H,3-4H2,(H,18,19)(H2,14,16,20). The molecule has 0 atom stereocenters. The van der Waals surface area contributed by atoms with Crippen molar-refractivity contribution in [2.24, 2.45) is 0 Å². The lowest BCUT2D eigenvalue weighted by Crippen LogP contribution is -2.42. The van der Waals surface area contributed by atoms with Gasteiger partial charge in [-0.05, 0) is 0 Å². The van der Waals surface area contributed by atoms with Crippen molar-refractivity contribution in [3.63, 3.8) is 0 Å². The number of anilines is 1. The van der Waals surface area contributed by atoms with Gasteiger partial charge in [0.15, 0.2) is 0 Å². The Balaban J connectivity index is 2.46. The van der Waals surface area contributed by atoms with Gasteiger partial charge in [-0.3, -0.25) is 9.48 Å². The van der Waals surface area contributed by atoms with Crippen molar-refractivity contribution in [2.45, 2.75) is 18.9 Å². The molecule has 2 amide bonds. The number of nitrogens with zero attached hydrogens (tertiary/aromatic N) is 2. The van der Waals surface area contributed by atoms with Crippen LogP contribution in [0.1, 0.15) is 0 Å². The first kappa shape index (κ1) is 15.7. The van der Waals surface area contributed by atoms with Crippen molar-refractivity contribution < 1.29 is 32.3 Å². The van der Waals surface area contributed by atoms with Gasteiger partial charge in [0.2, 0.25) is 0 Å². The van der Waals surface area contributed by atoms with E-state index in [4.69, 9.17) is 5.11 Å². The smallest absolute Gasteiger partial charge is 0.325 e. The molecule has 0 saturated heterocycles. The highest BCUT2D eigenvalue weighted by atomic mass is 19.3. The van der Waals surface area contributed by atoms with Crippen molar-refractivity contribution in [2.75, 3.05) is 11.9 Å². The molecule has 0 unspecified atom stereocenters. The molecule has 11 heteroatoms. The number of carboxylic acid groups (broad SMARTS) is 1. The number of aromatic nitrogens is 2. The van der Waals surface area contributed by atoms with Crippen LogP contribution in [-0.4, -0.2) is 45.8 Å². The number of hydrogen-bond donors (Lipinski definition) is 3. The number of carbonyl (C=O) groups is 2. The van der Waals surface area contributed by atoms with E-state index in [0.717, 1.165) is 17.1 Å². The van der Waals surface area contributed by atoms with Gasteiger partial charge >= 0.3 is 24.3 Å². The van der Waals surface area contributed by atoms with Crippen LogP contribution in [0.4, 0.5) is 28.0 Å². The molecule has 0 saturated carbocycles. The molecule has 3 N–H and O–H groups in total. The molecule has 112 valence electrons. The second-order valence-corrected chi connectivity index (χ2v) is 3.69. The molecule has 0 fully saturated rings. The minimum atomic E-state index is -4.33. The molecule has 20 heavy (non-hydrogen) atoms. The van der Waals surface area contributed by atoms with E-state index >= 15 is 0 Å². The Kier molecular flexibility index (Phi) is 4.88. The van der Waals surface area contributed by atoms with Gasteiger partial charge in [0.1, 0.15) is 6.54 Å². The molecular weight excluding hydrogens is 288 g/mol. The molecule has 0 aliphatic carbocycles. The second-order valence-electron chi connectivity index (χ2n) is 3.69. The van der Waals surface area contributed by atoms with Crippen LogP contribution in [0.15, 0.2) is 12.4 Å². The topological polar surface area (TPSA) is 96.2 Å². The zero-order chi connectivity index (χ0) is 15.3. The Morgan fingerprint density at radius 3 is 2.65 bits per heavy atom. The number of urea groups is 1. The molecule has 1 aromatic rings. The molecule has 0 aromatic carbocycles. The summed E-state index contributed by atoms with van der Waals surface area (Å²) in [4.78, 5) is 21.5. The van der Waals surface area contributed by atoms with Crippen molar-refractivity contribution in [3.8, 4) is 0 Å². The van der Waals surface area contributed by atoms with Crippen LogP contribution in [0, 0.1) is 0 Å². The third-order valence-corrected chi connectivity index (χ3v) is 1.99. The molecule has 0 aliphatic rings. The molecule has 0 radical (unpaired) electrons. The number of carbonyl (C=O) groups excluding carboxylic acids is 1. The first-order chi connectivity index (χ1) is 9.20. The van der Waals surface area contributed by atoms with Gasteiger partial charge in [0.05, 0.1) is 18.4 Å². The van der Waals surface area contributed by atoms with Crippen molar-refractivity contribution in [3.05, 3.63) is 12.4 Å². The lowest BCUT2D eigenvalue weighted by molar-refractivity contribution is -0.137. The Morgan fingerprint density at radius 2 is 2.10 bits per heavy atom. The fourth-order valence-electron chi connectivity index (χ4n) is 1.10. The monoisotopic (exact) mass is 298 g/mol. The van der Waals surface area contributed by atoms with Gasteiger partial charge in [0.25, 0.3) is 0 Å². The van der Waals surface area contributed by atoms with E-state index in [2.05, 4.69) is 5.10 Å². The zero-order valence-electron chi connectivity index (χ0n) is 9.82. The number of carboxylic acids is 1. The predicted octanol–water partition coefficient (Wildman–Crippen LogP) is 0.990. The number of amides is 2. The molecule has 0 bridgehead atoms. The number of aliphatic carboxylic acids is 1. The van der Waals surface area contributed by atoms with Crippen LogP contribution in [0.5, 0.6) is 0 Å². The fraction of sp³-hybridized carbons (Fsp3) is 0.444. The van der Waals surface area contributed by atoms with Gasteiger partial charge in [-0.25, -0.2) is 13.6 Å². The van der Waals surface area contributed by atoms with Crippen LogP contribution in [0.3, 0.4) is 0 Å². The van der Waals surface area contributed by atoms with Crippen molar-refractivity contribution in [1.82, 2.24) is 15.1 Å². The second kappa shape index (κ2) is 6.21. The number of nitrogens with one attached hydrogen (secondary N) is 2. The summed E-state index contributed by atoms with van der Waals surface area (Å²) in [5.41, 5.74) is 0.0316. The average Bonchev–Trinajstić information content (AvgIpc) is 2.73. The molecular formula is C9H10F4N4O3. The quantitative estimate of drug-likeness (QED) is 0.682. The predicted molar refractivity (Wildman–Crippen MR) is 57.8 cm³/mol.